The van der Waals surface area contributed by atoms with Crippen LogP contribution in [0, 0.1) is 0 Å². The fourth-order valence-electron chi connectivity index (χ4n) is 2.76. The van der Waals surface area contributed by atoms with Gasteiger partial charge >= 0.3 is 0 Å². The van der Waals surface area contributed by atoms with Gasteiger partial charge in [0.1, 0.15) is 0 Å². The van der Waals surface area contributed by atoms with Crippen LogP contribution in [0.4, 0.5) is 0 Å². The number of nitrogens with zero attached hydrogens (tertiary/aromatic N) is 4. The maximum atomic E-state index is 12.3. The predicted octanol–water partition coefficient (Wildman–Crippen LogP) is 3.15. The van der Waals surface area contributed by atoms with E-state index in [2.05, 4.69) is 37.2 Å². The zero-order chi connectivity index (χ0) is 18.6. The monoisotopic (exact) mass is 379 g/mol. The van der Waals surface area contributed by atoms with Crippen molar-refractivity contribution in [2.45, 2.75) is 42.8 Å². The lowest BCUT2D eigenvalue weighted by Gasteiger charge is -2.14. The van der Waals surface area contributed by atoms with Gasteiger partial charge in [-0.15, -0.1) is 10.2 Å². The zero-order valence-corrected chi connectivity index (χ0v) is 15.9. The summed E-state index contributed by atoms with van der Waals surface area (Å²) in [5.74, 6) is 0.834. The number of nitrogens with one attached hydrogen (secondary N) is 1. The molecular weight excluding hydrogens is 358 g/mol. The van der Waals surface area contributed by atoms with Gasteiger partial charge in [-0.3, -0.25) is 14.3 Å². The summed E-state index contributed by atoms with van der Waals surface area (Å²) in [4.78, 5) is 16.4. The maximum absolute atomic E-state index is 12.3. The van der Waals surface area contributed by atoms with E-state index in [1.54, 1.807) is 12.4 Å². The summed E-state index contributed by atoms with van der Waals surface area (Å²) in [5.41, 5.74) is 2.11. The van der Waals surface area contributed by atoms with Crippen molar-refractivity contribution in [3.8, 4) is 11.4 Å². The molecule has 1 atom stereocenters. The molecule has 1 amide bonds. The van der Waals surface area contributed by atoms with Gasteiger partial charge in [0.2, 0.25) is 5.91 Å². The Morgan fingerprint density at radius 3 is 2.63 bits per heavy atom. The van der Waals surface area contributed by atoms with E-state index in [4.69, 9.17) is 0 Å². The Bertz CT molecular complexity index is 909. The number of thioether (sulfide) groups is 1. The number of pyridine rings is 1. The summed E-state index contributed by atoms with van der Waals surface area (Å²) in [6.07, 6.45) is 5.66. The normalized spacial score (nSPS) is 14.7. The summed E-state index contributed by atoms with van der Waals surface area (Å²) < 4.78 is 2.07. The number of hydrogen-bond donors (Lipinski definition) is 1. The number of rotatable bonds is 7. The Balaban J connectivity index is 1.62. The molecule has 1 fully saturated rings. The van der Waals surface area contributed by atoms with Crippen molar-refractivity contribution in [3.05, 3.63) is 60.4 Å². The molecule has 1 aliphatic rings. The molecule has 6 nitrogen and oxygen atoms in total. The molecule has 0 radical (unpaired) electrons. The van der Waals surface area contributed by atoms with Crippen molar-refractivity contribution >= 4 is 17.7 Å². The summed E-state index contributed by atoms with van der Waals surface area (Å²) in [5, 5.41) is 12.4. The van der Waals surface area contributed by atoms with Crippen LogP contribution in [0.2, 0.25) is 0 Å². The number of carbonyl (C=O) groups excluding carboxylic acids is 1. The molecule has 2 heterocycles. The van der Waals surface area contributed by atoms with Crippen molar-refractivity contribution in [3.63, 3.8) is 0 Å². The number of aromatic nitrogens is 4. The first-order valence-electron chi connectivity index (χ1n) is 9.05. The summed E-state index contributed by atoms with van der Waals surface area (Å²) >= 11 is 1.44. The molecule has 138 valence electrons. The molecular formula is C20H21N5OS. The smallest absolute Gasteiger partial charge is 0.233 e. The minimum Gasteiger partial charge on any atom is -0.352 e. The molecule has 0 saturated heterocycles. The average Bonchev–Trinajstić information content (AvgIpc) is 3.44. The van der Waals surface area contributed by atoms with Crippen LogP contribution in [-0.4, -0.2) is 36.9 Å². The zero-order valence-electron chi connectivity index (χ0n) is 15.1. The fraction of sp³-hybridized carbons (Fsp3) is 0.300. The van der Waals surface area contributed by atoms with Gasteiger partial charge in [-0.1, -0.05) is 42.1 Å². The first kappa shape index (κ1) is 17.7. The van der Waals surface area contributed by atoms with Gasteiger partial charge in [0.25, 0.3) is 0 Å². The maximum Gasteiger partial charge on any atom is 0.233 e. The molecule has 27 heavy (non-hydrogen) atoms. The molecule has 1 aliphatic carbocycles. The quantitative estimate of drug-likeness (QED) is 0.639. The highest BCUT2D eigenvalue weighted by atomic mass is 32.2. The highest BCUT2D eigenvalue weighted by Gasteiger charge is 2.27. The van der Waals surface area contributed by atoms with Gasteiger partial charge in [-0.2, -0.15) is 0 Å². The highest BCUT2D eigenvalue weighted by Crippen LogP contribution is 2.28. The number of hydrogen-bond acceptors (Lipinski definition) is 5. The number of carbonyl (C=O) groups is 1. The molecule has 1 saturated carbocycles. The minimum absolute atomic E-state index is 0.0576. The van der Waals surface area contributed by atoms with E-state index in [1.807, 2.05) is 37.3 Å². The Kier molecular flexibility index (Phi) is 5.20. The van der Waals surface area contributed by atoms with Crippen molar-refractivity contribution in [1.82, 2.24) is 25.1 Å². The predicted molar refractivity (Wildman–Crippen MR) is 105 cm³/mol. The Labute approximate surface area is 162 Å². The van der Waals surface area contributed by atoms with Crippen molar-refractivity contribution in [2.75, 3.05) is 0 Å². The van der Waals surface area contributed by atoms with Crippen LogP contribution in [-0.2, 0) is 11.3 Å². The Hall–Kier alpha value is -2.67. The molecule has 7 heteroatoms. The van der Waals surface area contributed by atoms with Gasteiger partial charge in [0, 0.05) is 24.0 Å². The summed E-state index contributed by atoms with van der Waals surface area (Å²) in [6, 6.07) is 14.4. The Morgan fingerprint density at radius 2 is 1.93 bits per heavy atom. The molecule has 3 aromatic rings. The van der Waals surface area contributed by atoms with Crippen molar-refractivity contribution < 1.29 is 4.79 Å². The molecule has 0 unspecified atom stereocenters. The SMILES string of the molecule is C[C@H](Sc1nnc(-c2ccncc2)n1Cc1ccccc1)C(=O)NC1CC1. The van der Waals surface area contributed by atoms with Gasteiger partial charge < -0.3 is 5.32 Å². The summed E-state index contributed by atoms with van der Waals surface area (Å²) in [7, 11) is 0. The third-order valence-electron chi connectivity index (χ3n) is 4.41. The largest absolute Gasteiger partial charge is 0.352 e. The van der Waals surface area contributed by atoms with E-state index in [0.717, 1.165) is 34.9 Å². The lowest BCUT2D eigenvalue weighted by atomic mass is 10.2. The second kappa shape index (κ2) is 7.92. The van der Waals surface area contributed by atoms with E-state index in [9.17, 15) is 4.79 Å². The minimum atomic E-state index is -0.227. The molecule has 0 spiro atoms. The standard InChI is InChI=1S/C20H21N5OS/c1-14(19(26)22-17-7-8-17)27-20-24-23-18(16-9-11-21-12-10-16)25(20)13-15-5-3-2-4-6-15/h2-6,9-12,14,17H,7-8,13H2,1H3,(H,22,26)/t14-/m0/s1. The second-order valence-electron chi connectivity index (χ2n) is 6.66. The fourth-order valence-corrected chi connectivity index (χ4v) is 3.61. The molecule has 2 aromatic heterocycles. The number of amides is 1. The van der Waals surface area contributed by atoms with Crippen LogP contribution in [0.25, 0.3) is 11.4 Å². The van der Waals surface area contributed by atoms with Gasteiger partial charge in [-0.25, -0.2) is 0 Å². The highest BCUT2D eigenvalue weighted by molar-refractivity contribution is 8.00. The van der Waals surface area contributed by atoms with Crippen LogP contribution < -0.4 is 5.32 Å². The van der Waals surface area contributed by atoms with Gasteiger partial charge in [-0.05, 0) is 37.5 Å². The molecule has 1 aromatic carbocycles. The van der Waals surface area contributed by atoms with E-state index in [-0.39, 0.29) is 11.2 Å². The van der Waals surface area contributed by atoms with Crippen LogP contribution in [0.1, 0.15) is 25.3 Å². The van der Waals surface area contributed by atoms with Crippen LogP contribution in [0.5, 0.6) is 0 Å². The van der Waals surface area contributed by atoms with Gasteiger partial charge in [0.05, 0.1) is 11.8 Å². The third kappa shape index (κ3) is 4.36. The molecule has 0 bridgehead atoms. The molecule has 4 rings (SSSR count). The van der Waals surface area contributed by atoms with Crippen LogP contribution in [0.3, 0.4) is 0 Å². The summed E-state index contributed by atoms with van der Waals surface area (Å²) in [6.45, 7) is 2.56. The van der Waals surface area contributed by atoms with E-state index in [0.29, 0.717) is 12.6 Å². The lowest BCUT2D eigenvalue weighted by molar-refractivity contribution is -0.120. The molecule has 1 N–H and O–H groups in total. The van der Waals surface area contributed by atoms with Crippen LogP contribution in [0.15, 0.2) is 60.0 Å². The van der Waals surface area contributed by atoms with E-state index >= 15 is 0 Å². The Morgan fingerprint density at radius 1 is 1.19 bits per heavy atom. The topological polar surface area (TPSA) is 72.7 Å². The van der Waals surface area contributed by atoms with E-state index in [1.165, 1.54) is 11.8 Å². The van der Waals surface area contributed by atoms with E-state index < -0.39 is 0 Å². The third-order valence-corrected chi connectivity index (χ3v) is 5.49. The first-order valence-corrected chi connectivity index (χ1v) is 9.93. The molecule has 0 aliphatic heterocycles. The van der Waals surface area contributed by atoms with Crippen LogP contribution >= 0.6 is 11.8 Å². The van der Waals surface area contributed by atoms with Gasteiger partial charge in [0.15, 0.2) is 11.0 Å². The average molecular weight is 379 g/mol. The lowest BCUT2D eigenvalue weighted by Crippen LogP contribution is -2.32. The van der Waals surface area contributed by atoms with Crippen molar-refractivity contribution in [1.29, 1.82) is 0 Å². The second-order valence-corrected chi connectivity index (χ2v) is 7.96. The van der Waals surface area contributed by atoms with Crippen molar-refractivity contribution in [2.24, 2.45) is 0 Å². The number of benzene rings is 1. The first-order chi connectivity index (χ1) is 13.2.